The number of pyridine rings is 1. The minimum absolute atomic E-state index is 0.329. The van der Waals surface area contributed by atoms with E-state index in [-0.39, 0.29) is 11.8 Å². The number of aromatic nitrogens is 1. The van der Waals surface area contributed by atoms with Crippen LogP contribution in [0.15, 0.2) is 48.8 Å². The van der Waals surface area contributed by atoms with Gasteiger partial charge < -0.3 is 10.6 Å². The molecule has 0 aliphatic carbocycles. The molecule has 2 amide bonds. The molecule has 2 N–H and O–H groups in total. The number of halogens is 1. The molecule has 104 valence electrons. The van der Waals surface area contributed by atoms with E-state index in [2.05, 4.69) is 15.6 Å². The molecule has 0 saturated carbocycles. The highest BCUT2D eigenvalue weighted by molar-refractivity contribution is 5.89. The summed E-state index contributed by atoms with van der Waals surface area (Å²) < 4.78 is 13.2. The Morgan fingerprint density at radius 1 is 1.25 bits per heavy atom. The van der Waals surface area contributed by atoms with Gasteiger partial charge in [-0.25, -0.2) is 9.18 Å². The molecule has 2 rings (SSSR count). The lowest BCUT2D eigenvalue weighted by molar-refractivity contribution is 0.241. The Bertz CT molecular complexity index is 599. The van der Waals surface area contributed by atoms with Gasteiger partial charge in [0, 0.05) is 6.20 Å². The summed E-state index contributed by atoms with van der Waals surface area (Å²) in [4.78, 5) is 15.9. The van der Waals surface area contributed by atoms with Crippen LogP contribution < -0.4 is 10.6 Å². The Hall–Kier alpha value is -2.43. The molecular formula is C15H16FN3O. The van der Waals surface area contributed by atoms with E-state index >= 15 is 0 Å². The molecule has 0 aliphatic heterocycles. The van der Waals surface area contributed by atoms with Gasteiger partial charge in [-0.05, 0) is 43.7 Å². The molecule has 2 aromatic rings. The quantitative estimate of drug-likeness (QED) is 0.901. The van der Waals surface area contributed by atoms with Crippen molar-refractivity contribution in [1.82, 2.24) is 10.3 Å². The van der Waals surface area contributed by atoms with Crippen LogP contribution in [0, 0.1) is 5.82 Å². The molecule has 1 aromatic heterocycles. The van der Waals surface area contributed by atoms with E-state index in [1.54, 1.807) is 36.7 Å². The maximum Gasteiger partial charge on any atom is 0.319 e. The minimum atomic E-state index is -0.686. The van der Waals surface area contributed by atoms with Crippen LogP contribution in [0.3, 0.4) is 0 Å². The number of urea groups is 1. The number of benzene rings is 1. The molecule has 0 fully saturated rings. The summed E-state index contributed by atoms with van der Waals surface area (Å²) in [5, 5.41) is 5.48. The Labute approximate surface area is 117 Å². The van der Waals surface area contributed by atoms with Crippen molar-refractivity contribution < 1.29 is 9.18 Å². The molecule has 1 aromatic carbocycles. The van der Waals surface area contributed by atoms with Gasteiger partial charge in [0.15, 0.2) is 0 Å². The lowest BCUT2D eigenvalue weighted by atomic mass is 9.94. The first-order chi connectivity index (χ1) is 9.47. The average Bonchev–Trinajstić information content (AvgIpc) is 2.39. The monoisotopic (exact) mass is 273 g/mol. The molecule has 4 nitrogen and oxygen atoms in total. The molecule has 0 spiro atoms. The number of carbonyl (C=O) groups excluding carboxylic acids is 1. The van der Waals surface area contributed by atoms with Gasteiger partial charge in [-0.1, -0.05) is 12.1 Å². The van der Waals surface area contributed by atoms with Crippen LogP contribution in [0.2, 0.25) is 0 Å². The Morgan fingerprint density at radius 3 is 2.70 bits per heavy atom. The number of rotatable bonds is 3. The van der Waals surface area contributed by atoms with E-state index in [9.17, 15) is 9.18 Å². The lowest BCUT2D eigenvalue weighted by Gasteiger charge is -2.27. The van der Waals surface area contributed by atoms with E-state index in [4.69, 9.17) is 0 Å². The Kier molecular flexibility index (Phi) is 3.98. The smallest absolute Gasteiger partial charge is 0.319 e. The molecule has 1 heterocycles. The number of hydrogen-bond acceptors (Lipinski definition) is 2. The largest absolute Gasteiger partial charge is 0.329 e. The SMILES string of the molecule is CC(C)(NC(=O)Nc1cccnc1)c1cccc(F)c1. The van der Waals surface area contributed by atoms with Crippen LogP contribution in [0.4, 0.5) is 14.9 Å². The maximum atomic E-state index is 13.2. The van der Waals surface area contributed by atoms with Gasteiger partial charge >= 0.3 is 6.03 Å². The third-order valence-corrected chi connectivity index (χ3v) is 2.89. The molecule has 0 saturated heterocycles. The van der Waals surface area contributed by atoms with Crippen molar-refractivity contribution in [3.8, 4) is 0 Å². The molecule has 0 atom stereocenters. The third kappa shape index (κ3) is 3.54. The van der Waals surface area contributed by atoms with Gasteiger partial charge in [0.05, 0.1) is 17.4 Å². The summed E-state index contributed by atoms with van der Waals surface area (Å²) in [6, 6.07) is 9.27. The summed E-state index contributed by atoms with van der Waals surface area (Å²) in [6.07, 6.45) is 3.18. The van der Waals surface area contributed by atoms with Gasteiger partial charge in [-0.15, -0.1) is 0 Å². The van der Waals surface area contributed by atoms with Crippen LogP contribution in [0.25, 0.3) is 0 Å². The second kappa shape index (κ2) is 5.69. The van der Waals surface area contributed by atoms with Gasteiger partial charge in [-0.3, -0.25) is 4.98 Å². The van der Waals surface area contributed by atoms with E-state index in [0.717, 1.165) is 0 Å². The summed E-state index contributed by atoms with van der Waals surface area (Å²) in [7, 11) is 0. The summed E-state index contributed by atoms with van der Waals surface area (Å²) >= 11 is 0. The highest BCUT2D eigenvalue weighted by Gasteiger charge is 2.23. The van der Waals surface area contributed by atoms with Crippen LogP contribution in [-0.2, 0) is 5.54 Å². The number of amides is 2. The third-order valence-electron chi connectivity index (χ3n) is 2.89. The number of nitrogens with zero attached hydrogens (tertiary/aromatic N) is 1. The van der Waals surface area contributed by atoms with Crippen molar-refractivity contribution in [1.29, 1.82) is 0 Å². The summed E-state index contributed by atoms with van der Waals surface area (Å²) in [5.41, 5.74) is 0.605. The highest BCUT2D eigenvalue weighted by atomic mass is 19.1. The van der Waals surface area contributed by atoms with Crippen molar-refractivity contribution in [3.05, 3.63) is 60.2 Å². The maximum absolute atomic E-state index is 13.2. The predicted octanol–water partition coefficient (Wildman–Crippen LogP) is 3.28. The molecule has 0 unspecified atom stereocenters. The van der Waals surface area contributed by atoms with Gasteiger partial charge in [-0.2, -0.15) is 0 Å². The van der Waals surface area contributed by atoms with Crippen molar-refractivity contribution in [2.24, 2.45) is 0 Å². The van der Waals surface area contributed by atoms with Crippen LogP contribution >= 0.6 is 0 Å². The lowest BCUT2D eigenvalue weighted by Crippen LogP contribution is -2.43. The first-order valence-electron chi connectivity index (χ1n) is 6.22. The van der Waals surface area contributed by atoms with Gasteiger partial charge in [0.2, 0.25) is 0 Å². The summed E-state index contributed by atoms with van der Waals surface area (Å²) in [6.45, 7) is 3.62. The van der Waals surface area contributed by atoms with Gasteiger partial charge in [0.1, 0.15) is 5.82 Å². The molecule has 20 heavy (non-hydrogen) atoms. The van der Waals surface area contributed by atoms with Crippen LogP contribution in [-0.4, -0.2) is 11.0 Å². The van der Waals surface area contributed by atoms with E-state index in [0.29, 0.717) is 11.3 Å². The summed E-state index contributed by atoms with van der Waals surface area (Å²) in [5.74, 6) is -0.329. The number of anilines is 1. The number of hydrogen-bond donors (Lipinski definition) is 2. The van der Waals surface area contributed by atoms with E-state index in [1.165, 1.54) is 12.1 Å². The molecule has 0 radical (unpaired) electrons. The van der Waals surface area contributed by atoms with Crippen LogP contribution in [0.5, 0.6) is 0 Å². The fourth-order valence-electron chi connectivity index (χ4n) is 1.83. The Morgan fingerprint density at radius 2 is 2.05 bits per heavy atom. The Balaban J connectivity index is 2.06. The van der Waals surface area contributed by atoms with E-state index < -0.39 is 5.54 Å². The zero-order valence-corrected chi connectivity index (χ0v) is 11.4. The van der Waals surface area contributed by atoms with Crippen molar-refractivity contribution >= 4 is 11.7 Å². The van der Waals surface area contributed by atoms with Gasteiger partial charge in [0.25, 0.3) is 0 Å². The first kappa shape index (κ1) is 14.0. The van der Waals surface area contributed by atoms with Crippen LogP contribution in [0.1, 0.15) is 19.4 Å². The average molecular weight is 273 g/mol. The topological polar surface area (TPSA) is 54.0 Å². The van der Waals surface area contributed by atoms with Crippen molar-refractivity contribution in [2.75, 3.05) is 5.32 Å². The molecule has 5 heteroatoms. The number of carbonyl (C=O) groups is 1. The predicted molar refractivity (Wildman–Crippen MR) is 75.8 cm³/mol. The highest BCUT2D eigenvalue weighted by Crippen LogP contribution is 2.20. The fraction of sp³-hybridized carbons (Fsp3) is 0.200. The normalized spacial score (nSPS) is 10.9. The fourth-order valence-corrected chi connectivity index (χ4v) is 1.83. The molecular weight excluding hydrogens is 257 g/mol. The zero-order chi connectivity index (χ0) is 14.6. The second-order valence-electron chi connectivity index (χ2n) is 4.96. The van der Waals surface area contributed by atoms with Crippen molar-refractivity contribution in [2.45, 2.75) is 19.4 Å². The first-order valence-corrected chi connectivity index (χ1v) is 6.22. The standard InChI is InChI=1S/C15H16FN3O/c1-15(2,11-5-3-6-12(16)9-11)19-14(20)18-13-7-4-8-17-10-13/h3-10H,1-2H3,(H2,18,19,20). The van der Waals surface area contributed by atoms with E-state index in [1.807, 2.05) is 13.8 Å². The molecule has 0 aliphatic rings. The zero-order valence-electron chi connectivity index (χ0n) is 11.4. The minimum Gasteiger partial charge on any atom is -0.329 e. The second-order valence-corrected chi connectivity index (χ2v) is 4.96. The van der Waals surface area contributed by atoms with Crippen molar-refractivity contribution in [3.63, 3.8) is 0 Å². The number of nitrogens with one attached hydrogen (secondary N) is 2. The molecule has 0 bridgehead atoms.